The maximum Gasteiger partial charge on any atom is 0.266 e. The zero-order chi connectivity index (χ0) is 23.2. The van der Waals surface area contributed by atoms with E-state index >= 15 is 0 Å². The topological polar surface area (TPSA) is 38.8 Å². The molecule has 0 aliphatic carbocycles. The number of benzene rings is 3. The molecule has 0 unspecified atom stereocenters. The molecule has 0 spiro atoms. The van der Waals surface area contributed by atoms with Gasteiger partial charge in [-0.3, -0.25) is 9.69 Å². The Morgan fingerprint density at radius 1 is 1.00 bits per heavy atom. The average molecular weight is 496 g/mol. The number of hydrogen-bond donors (Lipinski definition) is 0. The van der Waals surface area contributed by atoms with E-state index in [4.69, 9.17) is 33.3 Å². The molecule has 0 N–H and O–H groups in total. The first-order valence-corrected chi connectivity index (χ1v) is 12.1. The number of ether oxygens (including phenoxy) is 2. The van der Waals surface area contributed by atoms with Crippen LogP contribution in [0.15, 0.2) is 77.7 Å². The summed E-state index contributed by atoms with van der Waals surface area (Å²) in [5, 5.41) is 0.657. The Morgan fingerprint density at radius 2 is 1.76 bits per heavy atom. The highest BCUT2D eigenvalue weighted by molar-refractivity contribution is 8.26. The molecule has 3 aromatic carbocycles. The Morgan fingerprint density at radius 3 is 2.52 bits per heavy atom. The lowest BCUT2D eigenvalue weighted by Gasteiger charge is -2.14. The van der Waals surface area contributed by atoms with Gasteiger partial charge in [0.05, 0.1) is 18.1 Å². The van der Waals surface area contributed by atoms with Crippen LogP contribution in [0.2, 0.25) is 5.02 Å². The quantitative estimate of drug-likeness (QED) is 0.256. The van der Waals surface area contributed by atoms with Gasteiger partial charge in [-0.25, -0.2) is 0 Å². The minimum atomic E-state index is -0.0918. The van der Waals surface area contributed by atoms with Crippen LogP contribution < -0.4 is 9.47 Å². The molecule has 1 saturated heterocycles. The van der Waals surface area contributed by atoms with Crippen molar-refractivity contribution in [3.05, 3.63) is 99.4 Å². The summed E-state index contributed by atoms with van der Waals surface area (Å²) >= 11 is 13.0. The summed E-state index contributed by atoms with van der Waals surface area (Å²) in [5.74, 6) is 1.13. The number of carbonyl (C=O) groups excluding carboxylic acids is 1. The number of thiocarbonyl (C=S) groups is 1. The summed E-state index contributed by atoms with van der Waals surface area (Å²) in [6, 6.07) is 23.0. The smallest absolute Gasteiger partial charge is 0.266 e. The normalized spacial score (nSPS) is 14.7. The minimum absolute atomic E-state index is 0.0918. The number of thioether (sulfide) groups is 1. The maximum atomic E-state index is 13.0. The van der Waals surface area contributed by atoms with Crippen molar-refractivity contribution in [3.8, 4) is 11.5 Å². The third kappa shape index (κ3) is 5.77. The van der Waals surface area contributed by atoms with Gasteiger partial charge in [0.2, 0.25) is 0 Å². The fraction of sp³-hybridized carbons (Fsp3) is 0.154. The number of halogens is 1. The zero-order valence-electron chi connectivity index (χ0n) is 18.0. The number of nitrogens with zero attached hydrogens (tertiary/aromatic N) is 1. The van der Waals surface area contributed by atoms with Gasteiger partial charge in [-0.2, -0.15) is 0 Å². The summed E-state index contributed by atoms with van der Waals surface area (Å²) in [4.78, 5) is 15.2. The van der Waals surface area contributed by atoms with Crippen LogP contribution in [0.5, 0.6) is 11.5 Å². The fourth-order valence-corrected chi connectivity index (χ4v) is 4.77. The number of rotatable bonds is 8. The molecule has 3 aromatic rings. The molecule has 1 aliphatic heterocycles. The molecule has 4 rings (SSSR count). The molecule has 0 atom stereocenters. The Kier molecular flexibility index (Phi) is 7.70. The lowest BCUT2D eigenvalue weighted by molar-refractivity contribution is -0.122. The largest absolute Gasteiger partial charge is 0.490 e. The molecular formula is C26H22ClNO3S2. The van der Waals surface area contributed by atoms with Gasteiger partial charge in [-0.05, 0) is 42.3 Å². The van der Waals surface area contributed by atoms with Crippen molar-refractivity contribution in [2.45, 2.75) is 20.1 Å². The van der Waals surface area contributed by atoms with Crippen LogP contribution in [0.25, 0.3) is 6.08 Å². The Balaban J connectivity index is 1.51. The summed E-state index contributed by atoms with van der Waals surface area (Å²) in [6.45, 7) is 3.20. The first-order valence-electron chi connectivity index (χ1n) is 10.5. The van der Waals surface area contributed by atoms with Gasteiger partial charge in [0.1, 0.15) is 10.9 Å². The summed E-state index contributed by atoms with van der Waals surface area (Å²) in [7, 11) is 0. The molecular weight excluding hydrogens is 474 g/mol. The van der Waals surface area contributed by atoms with Gasteiger partial charge in [0.15, 0.2) is 11.5 Å². The predicted molar refractivity (Wildman–Crippen MR) is 139 cm³/mol. The highest BCUT2D eigenvalue weighted by Gasteiger charge is 2.32. The van der Waals surface area contributed by atoms with E-state index in [0.717, 1.165) is 16.7 Å². The van der Waals surface area contributed by atoms with Gasteiger partial charge in [-0.1, -0.05) is 90.2 Å². The molecule has 0 saturated carbocycles. The molecule has 1 heterocycles. The first-order chi connectivity index (χ1) is 16.0. The fourth-order valence-electron chi connectivity index (χ4n) is 3.33. The highest BCUT2D eigenvalue weighted by atomic mass is 35.5. The molecule has 168 valence electrons. The molecule has 4 nitrogen and oxygen atoms in total. The van der Waals surface area contributed by atoms with E-state index in [1.807, 2.05) is 85.8 Å². The van der Waals surface area contributed by atoms with E-state index in [0.29, 0.717) is 45.5 Å². The molecule has 33 heavy (non-hydrogen) atoms. The molecule has 0 bridgehead atoms. The van der Waals surface area contributed by atoms with Crippen molar-refractivity contribution in [3.63, 3.8) is 0 Å². The lowest BCUT2D eigenvalue weighted by Crippen LogP contribution is -2.27. The van der Waals surface area contributed by atoms with Crippen molar-refractivity contribution < 1.29 is 14.3 Å². The van der Waals surface area contributed by atoms with E-state index in [1.54, 1.807) is 4.90 Å². The zero-order valence-corrected chi connectivity index (χ0v) is 20.4. The van der Waals surface area contributed by atoms with Crippen LogP contribution in [-0.2, 0) is 17.9 Å². The second-order valence-electron chi connectivity index (χ2n) is 7.27. The van der Waals surface area contributed by atoms with Crippen molar-refractivity contribution in [2.75, 3.05) is 6.61 Å². The Labute approximate surface area is 208 Å². The van der Waals surface area contributed by atoms with Crippen molar-refractivity contribution in [1.82, 2.24) is 4.90 Å². The summed E-state index contributed by atoms with van der Waals surface area (Å²) in [5.41, 5.74) is 2.77. The van der Waals surface area contributed by atoms with E-state index in [2.05, 4.69) is 0 Å². The van der Waals surface area contributed by atoms with E-state index in [-0.39, 0.29) is 5.91 Å². The third-order valence-electron chi connectivity index (χ3n) is 4.96. The standard InChI is InChI=1S/C26H22ClNO3S2/c1-2-30-23-14-19(12-13-22(23)31-17-20-10-6-7-11-21(20)27)15-24-25(29)28(26(32)33-24)16-18-8-4-3-5-9-18/h3-15H,2,16-17H2,1H3/b24-15+. The SMILES string of the molecule is CCOc1cc(/C=C2/SC(=S)N(Cc3ccccc3)C2=O)ccc1OCc1ccccc1Cl. The monoisotopic (exact) mass is 495 g/mol. The van der Waals surface area contributed by atoms with Gasteiger partial charge >= 0.3 is 0 Å². The second-order valence-corrected chi connectivity index (χ2v) is 9.36. The van der Waals surface area contributed by atoms with Crippen molar-refractivity contribution >= 4 is 51.9 Å². The molecule has 0 aromatic heterocycles. The molecule has 7 heteroatoms. The van der Waals surface area contributed by atoms with Crippen LogP contribution in [0.3, 0.4) is 0 Å². The predicted octanol–water partition coefficient (Wildman–Crippen LogP) is 6.72. The molecule has 0 radical (unpaired) electrons. The molecule has 1 aliphatic rings. The maximum absolute atomic E-state index is 13.0. The molecule has 1 amide bonds. The second kappa shape index (κ2) is 10.9. The Hall–Kier alpha value is -2.80. The van der Waals surface area contributed by atoms with Gasteiger partial charge < -0.3 is 9.47 Å². The van der Waals surface area contributed by atoms with Crippen molar-refractivity contribution in [2.24, 2.45) is 0 Å². The van der Waals surface area contributed by atoms with Crippen LogP contribution >= 0.6 is 35.6 Å². The lowest BCUT2D eigenvalue weighted by atomic mass is 10.1. The van der Waals surface area contributed by atoms with Crippen LogP contribution in [0.4, 0.5) is 0 Å². The number of hydrogen-bond acceptors (Lipinski definition) is 5. The Bertz CT molecular complexity index is 1200. The molecule has 1 fully saturated rings. The summed E-state index contributed by atoms with van der Waals surface area (Å²) < 4.78 is 12.3. The van der Waals surface area contributed by atoms with Crippen LogP contribution in [0, 0.1) is 0 Å². The third-order valence-corrected chi connectivity index (χ3v) is 6.71. The number of amides is 1. The van der Waals surface area contributed by atoms with Crippen LogP contribution in [-0.4, -0.2) is 21.7 Å². The highest BCUT2D eigenvalue weighted by Crippen LogP contribution is 2.36. The summed E-state index contributed by atoms with van der Waals surface area (Å²) in [6.07, 6.45) is 1.84. The number of carbonyl (C=O) groups is 1. The van der Waals surface area contributed by atoms with E-state index in [9.17, 15) is 4.79 Å². The van der Waals surface area contributed by atoms with Gasteiger partial charge in [0, 0.05) is 10.6 Å². The average Bonchev–Trinajstić information content (AvgIpc) is 3.08. The van der Waals surface area contributed by atoms with E-state index in [1.165, 1.54) is 11.8 Å². The van der Waals surface area contributed by atoms with Crippen LogP contribution in [0.1, 0.15) is 23.6 Å². The van der Waals surface area contributed by atoms with Gasteiger partial charge in [-0.15, -0.1) is 0 Å². The van der Waals surface area contributed by atoms with Crippen molar-refractivity contribution in [1.29, 1.82) is 0 Å². The van der Waals surface area contributed by atoms with E-state index < -0.39 is 0 Å². The first kappa shape index (κ1) is 23.4. The minimum Gasteiger partial charge on any atom is -0.490 e. The van der Waals surface area contributed by atoms with Gasteiger partial charge in [0.25, 0.3) is 5.91 Å².